The lowest BCUT2D eigenvalue weighted by atomic mass is 10.0. The van der Waals surface area contributed by atoms with E-state index in [1.54, 1.807) is 11.4 Å². The predicted molar refractivity (Wildman–Crippen MR) is 116 cm³/mol. The zero-order chi connectivity index (χ0) is 20.5. The van der Waals surface area contributed by atoms with Crippen LogP contribution in [0.4, 0.5) is 5.00 Å². The number of rotatable bonds is 4. The summed E-state index contributed by atoms with van der Waals surface area (Å²) in [4.78, 5) is 30.5. The van der Waals surface area contributed by atoms with Gasteiger partial charge in [0.15, 0.2) is 0 Å². The van der Waals surface area contributed by atoms with Gasteiger partial charge in [-0.1, -0.05) is 18.2 Å². The number of hydrogen-bond donors (Lipinski definition) is 1. The summed E-state index contributed by atoms with van der Waals surface area (Å²) in [6.07, 6.45) is 1.39. The average molecular weight is 421 g/mol. The molecule has 0 aliphatic rings. The third kappa shape index (κ3) is 3.58. The molecular formula is C21H16N4O2S2. The topological polar surface area (TPSA) is 87.8 Å². The van der Waals surface area contributed by atoms with Gasteiger partial charge in [0.2, 0.25) is 5.91 Å². The summed E-state index contributed by atoms with van der Waals surface area (Å²) in [7, 11) is 0. The number of fused-ring (bicyclic) bond motifs is 1. The van der Waals surface area contributed by atoms with E-state index in [2.05, 4.69) is 16.4 Å². The van der Waals surface area contributed by atoms with Crippen molar-refractivity contribution in [3.05, 3.63) is 68.4 Å². The molecule has 0 saturated carbocycles. The molecule has 1 N–H and O–H groups in total. The molecule has 3 aromatic heterocycles. The molecule has 0 spiro atoms. The molecule has 0 radical (unpaired) electrons. The number of benzene rings is 1. The first-order valence-electron chi connectivity index (χ1n) is 8.79. The Labute approximate surface area is 174 Å². The van der Waals surface area contributed by atoms with Crippen molar-refractivity contribution in [3.8, 4) is 17.2 Å². The fourth-order valence-corrected chi connectivity index (χ4v) is 4.68. The van der Waals surface area contributed by atoms with Gasteiger partial charge in [-0.15, -0.1) is 22.7 Å². The van der Waals surface area contributed by atoms with Gasteiger partial charge < -0.3 is 5.32 Å². The molecule has 4 aromatic rings. The van der Waals surface area contributed by atoms with E-state index in [-0.39, 0.29) is 18.0 Å². The lowest BCUT2D eigenvalue weighted by molar-refractivity contribution is -0.116. The van der Waals surface area contributed by atoms with E-state index in [4.69, 9.17) is 5.26 Å². The predicted octanol–water partition coefficient (Wildman–Crippen LogP) is 4.31. The highest BCUT2D eigenvalue weighted by Crippen LogP contribution is 2.31. The Balaban J connectivity index is 1.69. The standard InChI is InChI=1S/C21H16N4O2S2/c1-12-3-4-14(7-13(12)2)16-10-29-20-18(16)21(27)25(11-23-20)9-17(26)24-19-15(8-22)5-6-28-19/h3-7,10-11H,9H2,1-2H3,(H,24,26). The molecule has 3 heterocycles. The van der Waals surface area contributed by atoms with Gasteiger partial charge in [-0.3, -0.25) is 14.2 Å². The normalized spacial score (nSPS) is 10.8. The third-order valence-corrected chi connectivity index (χ3v) is 6.45. The van der Waals surface area contributed by atoms with Crippen LogP contribution < -0.4 is 10.9 Å². The van der Waals surface area contributed by atoms with Crippen molar-refractivity contribution in [2.24, 2.45) is 0 Å². The molecule has 0 aliphatic carbocycles. The second kappa shape index (κ2) is 7.62. The molecule has 4 rings (SSSR count). The van der Waals surface area contributed by atoms with E-state index in [9.17, 15) is 9.59 Å². The van der Waals surface area contributed by atoms with E-state index in [0.29, 0.717) is 20.8 Å². The van der Waals surface area contributed by atoms with Gasteiger partial charge in [0.05, 0.1) is 17.3 Å². The SMILES string of the molecule is Cc1ccc(-c2csc3ncn(CC(=O)Nc4sccc4C#N)c(=O)c23)cc1C. The zero-order valence-corrected chi connectivity index (χ0v) is 17.4. The smallest absolute Gasteiger partial charge is 0.263 e. The first kappa shape index (κ1) is 19.1. The summed E-state index contributed by atoms with van der Waals surface area (Å²) in [5, 5.41) is 16.4. The Hall–Kier alpha value is -3.28. The van der Waals surface area contributed by atoms with Crippen molar-refractivity contribution in [3.63, 3.8) is 0 Å². The maximum Gasteiger partial charge on any atom is 0.263 e. The molecule has 0 unspecified atom stereocenters. The average Bonchev–Trinajstić information content (AvgIpc) is 3.33. The number of carbonyl (C=O) groups is 1. The summed E-state index contributed by atoms with van der Waals surface area (Å²) in [6.45, 7) is 3.91. The van der Waals surface area contributed by atoms with Crippen LogP contribution in [0.3, 0.4) is 0 Å². The van der Waals surface area contributed by atoms with E-state index < -0.39 is 0 Å². The van der Waals surface area contributed by atoms with Crippen molar-refractivity contribution >= 4 is 43.8 Å². The number of aromatic nitrogens is 2. The maximum absolute atomic E-state index is 13.1. The second-order valence-electron chi connectivity index (χ2n) is 6.63. The van der Waals surface area contributed by atoms with Crippen LogP contribution in [0, 0.1) is 25.2 Å². The zero-order valence-electron chi connectivity index (χ0n) is 15.7. The van der Waals surface area contributed by atoms with Gasteiger partial charge in [0.1, 0.15) is 22.4 Å². The van der Waals surface area contributed by atoms with Gasteiger partial charge in [-0.25, -0.2) is 4.98 Å². The van der Waals surface area contributed by atoms with Crippen molar-refractivity contribution < 1.29 is 4.79 Å². The second-order valence-corrected chi connectivity index (χ2v) is 8.40. The van der Waals surface area contributed by atoms with Gasteiger partial charge in [-0.05, 0) is 42.0 Å². The van der Waals surface area contributed by atoms with Crippen LogP contribution in [0.15, 0.2) is 46.1 Å². The number of nitrogens with one attached hydrogen (secondary N) is 1. The molecule has 0 fully saturated rings. The lowest BCUT2D eigenvalue weighted by Crippen LogP contribution is -2.27. The number of aryl methyl sites for hydroxylation is 2. The highest BCUT2D eigenvalue weighted by atomic mass is 32.1. The number of thiophene rings is 2. The minimum absolute atomic E-state index is 0.174. The molecule has 29 heavy (non-hydrogen) atoms. The van der Waals surface area contributed by atoms with Crippen LogP contribution in [-0.2, 0) is 11.3 Å². The van der Waals surface area contributed by atoms with Crippen LogP contribution >= 0.6 is 22.7 Å². The van der Waals surface area contributed by atoms with E-state index in [0.717, 1.165) is 16.7 Å². The molecule has 0 saturated heterocycles. The number of nitrogens with zero attached hydrogens (tertiary/aromatic N) is 3. The molecule has 0 bridgehead atoms. The third-order valence-electron chi connectivity index (χ3n) is 4.73. The molecule has 0 atom stereocenters. The van der Waals surface area contributed by atoms with Crippen molar-refractivity contribution in [2.75, 3.05) is 5.32 Å². The first-order chi connectivity index (χ1) is 14.0. The van der Waals surface area contributed by atoms with Crippen molar-refractivity contribution in [1.29, 1.82) is 5.26 Å². The minimum Gasteiger partial charge on any atom is -0.315 e. The summed E-state index contributed by atoms with van der Waals surface area (Å²) in [5.74, 6) is -0.379. The van der Waals surface area contributed by atoms with E-state index in [1.807, 2.05) is 37.4 Å². The Bertz CT molecular complexity index is 1340. The number of amides is 1. The molecule has 144 valence electrons. The summed E-state index contributed by atoms with van der Waals surface area (Å²) in [5.41, 5.74) is 4.26. The number of hydrogen-bond acceptors (Lipinski definition) is 6. The Morgan fingerprint density at radius 2 is 2.07 bits per heavy atom. The molecule has 0 aliphatic heterocycles. The lowest BCUT2D eigenvalue weighted by Gasteiger charge is -2.08. The van der Waals surface area contributed by atoms with E-state index in [1.165, 1.54) is 39.1 Å². The van der Waals surface area contributed by atoms with Gasteiger partial charge >= 0.3 is 0 Å². The van der Waals surface area contributed by atoms with Crippen LogP contribution in [0.2, 0.25) is 0 Å². The van der Waals surface area contributed by atoms with Crippen LogP contribution in [0.1, 0.15) is 16.7 Å². The number of anilines is 1. The summed E-state index contributed by atoms with van der Waals surface area (Å²) < 4.78 is 1.30. The number of carbonyl (C=O) groups excluding carboxylic acids is 1. The van der Waals surface area contributed by atoms with Gasteiger partial charge in [0.25, 0.3) is 5.56 Å². The number of nitriles is 1. The molecule has 6 nitrogen and oxygen atoms in total. The fourth-order valence-electron chi connectivity index (χ4n) is 3.02. The van der Waals surface area contributed by atoms with Crippen LogP contribution in [0.25, 0.3) is 21.3 Å². The highest BCUT2D eigenvalue weighted by Gasteiger charge is 2.16. The van der Waals surface area contributed by atoms with Crippen molar-refractivity contribution in [2.45, 2.75) is 20.4 Å². The first-order valence-corrected chi connectivity index (χ1v) is 10.6. The van der Waals surface area contributed by atoms with Gasteiger partial charge in [0, 0.05) is 10.9 Å². The van der Waals surface area contributed by atoms with Gasteiger partial charge in [-0.2, -0.15) is 5.26 Å². The van der Waals surface area contributed by atoms with E-state index >= 15 is 0 Å². The van der Waals surface area contributed by atoms with Crippen LogP contribution in [0.5, 0.6) is 0 Å². The Kier molecular flexibility index (Phi) is 5.01. The Morgan fingerprint density at radius 1 is 1.24 bits per heavy atom. The fraction of sp³-hybridized carbons (Fsp3) is 0.143. The summed E-state index contributed by atoms with van der Waals surface area (Å²) >= 11 is 2.68. The maximum atomic E-state index is 13.1. The highest BCUT2D eigenvalue weighted by molar-refractivity contribution is 7.17. The quantitative estimate of drug-likeness (QED) is 0.533. The molecule has 1 aromatic carbocycles. The monoisotopic (exact) mass is 420 g/mol. The minimum atomic E-state index is -0.379. The molecule has 8 heteroatoms. The Morgan fingerprint density at radius 3 is 2.83 bits per heavy atom. The van der Waals surface area contributed by atoms with Crippen molar-refractivity contribution in [1.82, 2.24) is 9.55 Å². The summed E-state index contributed by atoms with van der Waals surface area (Å²) in [6, 6.07) is 9.75. The molecule has 1 amide bonds. The largest absolute Gasteiger partial charge is 0.315 e. The van der Waals surface area contributed by atoms with Crippen LogP contribution in [-0.4, -0.2) is 15.5 Å². The molecular weight excluding hydrogens is 404 g/mol.